The number of carbonyl (C=O) groups is 1. The molecule has 1 aromatic carbocycles. The Balaban J connectivity index is 2.33. The van der Waals surface area contributed by atoms with E-state index in [4.69, 9.17) is 5.26 Å². The van der Waals surface area contributed by atoms with E-state index in [0.717, 1.165) is 57.4 Å². The van der Waals surface area contributed by atoms with Gasteiger partial charge in [-0.2, -0.15) is 18.4 Å². The molecule has 0 saturated heterocycles. The molecule has 6 nitrogen and oxygen atoms in total. The van der Waals surface area contributed by atoms with Crippen molar-refractivity contribution in [3.8, 4) is 6.07 Å². The highest BCUT2D eigenvalue weighted by Crippen LogP contribution is 2.33. The summed E-state index contributed by atoms with van der Waals surface area (Å²) in [6.45, 7) is 3.35. The van der Waals surface area contributed by atoms with E-state index in [0.29, 0.717) is 18.9 Å². The van der Waals surface area contributed by atoms with Crippen LogP contribution in [0.1, 0.15) is 95.6 Å². The molecule has 0 bridgehead atoms. The molecule has 10 heteroatoms. The number of sulfone groups is 1. The van der Waals surface area contributed by atoms with Crippen molar-refractivity contribution in [3.05, 3.63) is 29.3 Å². The minimum absolute atomic E-state index is 0.144. The van der Waals surface area contributed by atoms with Crippen LogP contribution in [0, 0.1) is 11.3 Å². The van der Waals surface area contributed by atoms with Crippen molar-refractivity contribution in [2.75, 3.05) is 16.8 Å². The third-order valence-electron chi connectivity index (χ3n) is 5.87. The zero-order valence-corrected chi connectivity index (χ0v) is 21.4. The predicted octanol–water partition coefficient (Wildman–Crippen LogP) is 5.99. The molecule has 1 rings (SSSR count). The molecule has 0 aliphatic rings. The summed E-state index contributed by atoms with van der Waals surface area (Å²) in [6, 6.07) is 4.33. The van der Waals surface area contributed by atoms with Gasteiger partial charge in [0.1, 0.15) is 15.4 Å². The molecule has 0 aliphatic heterocycles. The number of amides is 1. The fourth-order valence-corrected chi connectivity index (χ4v) is 5.17. The van der Waals surface area contributed by atoms with Crippen molar-refractivity contribution in [1.82, 2.24) is 0 Å². The molecule has 0 spiro atoms. The van der Waals surface area contributed by atoms with Crippen molar-refractivity contribution in [3.63, 3.8) is 0 Å². The summed E-state index contributed by atoms with van der Waals surface area (Å²) in [4.78, 5) is 12.4. The van der Waals surface area contributed by atoms with Gasteiger partial charge in [0.15, 0.2) is 0 Å². The monoisotopic (exact) mass is 518 g/mol. The van der Waals surface area contributed by atoms with Gasteiger partial charge in [0, 0.05) is 5.69 Å². The van der Waals surface area contributed by atoms with Crippen molar-refractivity contribution in [2.24, 2.45) is 0 Å². The average molecular weight is 519 g/mol. The molecule has 0 saturated carbocycles. The lowest BCUT2D eigenvalue weighted by Gasteiger charge is -2.22. The van der Waals surface area contributed by atoms with Crippen molar-refractivity contribution >= 4 is 21.4 Å². The molecule has 198 valence electrons. The van der Waals surface area contributed by atoms with Gasteiger partial charge in [0.25, 0.3) is 5.91 Å². The second-order valence-corrected chi connectivity index (χ2v) is 11.5. The Labute approximate surface area is 206 Å². The fraction of sp³-hybridized carbons (Fsp3) is 0.680. The molecule has 0 aromatic heterocycles. The first-order chi connectivity index (χ1) is 16.3. The number of alkyl halides is 3. The van der Waals surface area contributed by atoms with Gasteiger partial charge in [0.05, 0.1) is 28.7 Å². The molecular formula is C25H37F3N2O4S. The summed E-state index contributed by atoms with van der Waals surface area (Å²) in [5.74, 6) is -0.308. The lowest BCUT2D eigenvalue weighted by atomic mass is 9.96. The Morgan fingerprint density at radius 3 is 2.09 bits per heavy atom. The predicted molar refractivity (Wildman–Crippen MR) is 131 cm³/mol. The third-order valence-corrected chi connectivity index (χ3v) is 7.69. The highest BCUT2D eigenvalue weighted by atomic mass is 32.2. The molecule has 0 fully saturated rings. The summed E-state index contributed by atoms with van der Waals surface area (Å²) < 4.78 is 63.1. The molecule has 2 N–H and O–H groups in total. The zero-order valence-electron chi connectivity index (χ0n) is 20.6. The Morgan fingerprint density at radius 2 is 1.54 bits per heavy atom. The maximum absolute atomic E-state index is 13.1. The number of aliphatic hydroxyl groups is 1. The Hall–Kier alpha value is -2.12. The molecule has 0 aliphatic carbocycles. The molecule has 1 atom stereocenters. The van der Waals surface area contributed by atoms with Crippen LogP contribution in [0.2, 0.25) is 0 Å². The number of nitriles is 1. The smallest absolute Gasteiger partial charge is 0.380 e. The van der Waals surface area contributed by atoms with Gasteiger partial charge < -0.3 is 10.4 Å². The van der Waals surface area contributed by atoms with Crippen LogP contribution >= 0.6 is 0 Å². The van der Waals surface area contributed by atoms with Gasteiger partial charge in [0.2, 0.25) is 0 Å². The van der Waals surface area contributed by atoms with Crippen LogP contribution in [0.4, 0.5) is 18.9 Å². The Bertz CT molecular complexity index is 954. The molecule has 1 aromatic rings. The van der Waals surface area contributed by atoms with E-state index in [1.54, 1.807) is 0 Å². The van der Waals surface area contributed by atoms with Gasteiger partial charge >= 0.3 is 6.18 Å². The number of anilines is 1. The number of nitrogens with one attached hydrogen (secondary N) is 1. The maximum atomic E-state index is 13.1. The van der Waals surface area contributed by atoms with Gasteiger partial charge in [-0.1, -0.05) is 58.3 Å². The van der Waals surface area contributed by atoms with Crippen LogP contribution < -0.4 is 5.32 Å². The largest absolute Gasteiger partial charge is 0.417 e. The van der Waals surface area contributed by atoms with Crippen LogP contribution in [0.5, 0.6) is 0 Å². The molecule has 35 heavy (non-hydrogen) atoms. The summed E-state index contributed by atoms with van der Waals surface area (Å²) in [6.07, 6.45) is 3.63. The first kappa shape index (κ1) is 30.9. The van der Waals surface area contributed by atoms with Gasteiger partial charge in [-0.15, -0.1) is 0 Å². The van der Waals surface area contributed by atoms with Gasteiger partial charge in [-0.05, 0) is 44.4 Å². The summed E-state index contributed by atoms with van der Waals surface area (Å²) in [5, 5.41) is 21.6. The number of halogens is 3. The topological polar surface area (TPSA) is 107 Å². The number of hydrogen-bond acceptors (Lipinski definition) is 5. The minimum Gasteiger partial charge on any atom is -0.380 e. The van der Waals surface area contributed by atoms with E-state index < -0.39 is 38.6 Å². The average Bonchev–Trinajstić information content (AvgIpc) is 2.77. The van der Waals surface area contributed by atoms with E-state index in [1.165, 1.54) is 19.1 Å². The third kappa shape index (κ3) is 11.9. The second-order valence-electron chi connectivity index (χ2n) is 9.18. The SMILES string of the molecule is CCCCCS(=O)(=O)CCCCCCCCC[C@](C)(O)C(=O)Nc1ccc(C#N)c(C(F)(F)F)c1. The molecular weight excluding hydrogens is 481 g/mol. The Kier molecular flexibility index (Phi) is 12.8. The van der Waals surface area contributed by atoms with E-state index in [1.807, 2.05) is 6.92 Å². The van der Waals surface area contributed by atoms with E-state index in [9.17, 15) is 31.5 Å². The molecule has 0 radical (unpaired) electrons. The van der Waals surface area contributed by atoms with Gasteiger partial charge in [-0.3, -0.25) is 4.79 Å². The van der Waals surface area contributed by atoms with Gasteiger partial charge in [-0.25, -0.2) is 8.42 Å². The second kappa shape index (κ2) is 14.4. The standard InChI is InChI=1S/C25H37F3N2O4S/c1-3-4-11-16-35(33,34)17-12-9-7-5-6-8-10-15-24(2,32)23(31)30-21-14-13-20(19-29)22(18-21)25(26,27)28/h13-14,18,32H,3-12,15-17H2,1-2H3,(H,30,31)/t24-/m0/s1. The number of unbranched alkanes of at least 4 members (excludes halogenated alkanes) is 8. The van der Waals surface area contributed by atoms with Crippen molar-refractivity contribution in [1.29, 1.82) is 5.26 Å². The maximum Gasteiger partial charge on any atom is 0.417 e. The van der Waals surface area contributed by atoms with E-state index >= 15 is 0 Å². The number of rotatable bonds is 16. The minimum atomic E-state index is -4.74. The fourth-order valence-electron chi connectivity index (χ4n) is 3.68. The zero-order chi connectivity index (χ0) is 26.5. The normalized spacial score (nSPS) is 13.7. The quantitative estimate of drug-likeness (QED) is 0.261. The summed E-state index contributed by atoms with van der Waals surface area (Å²) in [7, 11) is -2.95. The first-order valence-electron chi connectivity index (χ1n) is 12.2. The lowest BCUT2D eigenvalue weighted by molar-refractivity contribution is -0.138. The van der Waals surface area contributed by atoms with Crippen LogP contribution in [-0.4, -0.2) is 36.5 Å². The van der Waals surface area contributed by atoms with Crippen LogP contribution in [-0.2, 0) is 20.8 Å². The van der Waals surface area contributed by atoms with E-state index in [-0.39, 0.29) is 23.6 Å². The number of hydrogen-bond donors (Lipinski definition) is 2. The van der Waals surface area contributed by atoms with Crippen LogP contribution in [0.15, 0.2) is 18.2 Å². The molecule has 0 unspecified atom stereocenters. The summed E-state index contributed by atoms with van der Waals surface area (Å²) in [5.41, 5.74) is -3.59. The first-order valence-corrected chi connectivity index (χ1v) is 14.0. The molecule has 1 amide bonds. The van der Waals surface area contributed by atoms with Crippen LogP contribution in [0.3, 0.4) is 0 Å². The lowest BCUT2D eigenvalue weighted by Crippen LogP contribution is -2.40. The summed E-state index contributed by atoms with van der Waals surface area (Å²) >= 11 is 0. The highest BCUT2D eigenvalue weighted by molar-refractivity contribution is 7.91. The number of benzene rings is 1. The molecule has 0 heterocycles. The number of nitrogens with zero attached hydrogens (tertiary/aromatic N) is 1. The Morgan fingerprint density at radius 1 is 1.00 bits per heavy atom. The van der Waals surface area contributed by atoms with E-state index in [2.05, 4.69) is 5.32 Å². The van der Waals surface area contributed by atoms with Crippen molar-refractivity contribution in [2.45, 2.75) is 96.3 Å². The van der Waals surface area contributed by atoms with Crippen LogP contribution in [0.25, 0.3) is 0 Å². The van der Waals surface area contributed by atoms with Crippen molar-refractivity contribution < 1.29 is 31.5 Å². The number of carbonyl (C=O) groups excluding carboxylic acids is 1. The highest BCUT2D eigenvalue weighted by Gasteiger charge is 2.35.